The minimum absolute atomic E-state index is 0.0891. The maximum Gasteiger partial charge on any atom is 0.416 e. The minimum Gasteiger partial charge on any atom is -0.493 e. The number of allylic oxidation sites excluding steroid dienone is 1. The van der Waals surface area contributed by atoms with Crippen molar-refractivity contribution in [3.05, 3.63) is 71.3 Å². The Kier molecular flexibility index (Phi) is 8.07. The largest absolute Gasteiger partial charge is 0.493 e. The third-order valence-electron chi connectivity index (χ3n) is 4.29. The second-order valence-electron chi connectivity index (χ2n) is 6.46. The first-order chi connectivity index (χ1) is 14.6. The molecule has 1 atom stereocenters. The number of methoxy groups -OCH3 is 2. The van der Waals surface area contributed by atoms with Gasteiger partial charge in [0.25, 0.3) is 0 Å². The Morgan fingerprint density at radius 1 is 1.00 bits per heavy atom. The molecule has 0 bridgehead atoms. The van der Waals surface area contributed by atoms with Crippen LogP contribution in [0.2, 0.25) is 0 Å². The highest BCUT2D eigenvalue weighted by molar-refractivity contribution is 5.85. The molecule has 0 amide bonds. The average Bonchev–Trinajstić information content (AvgIpc) is 2.72. The van der Waals surface area contributed by atoms with Crippen LogP contribution in [0.4, 0.5) is 13.2 Å². The summed E-state index contributed by atoms with van der Waals surface area (Å²) in [6.07, 6.45) is -3.32. The van der Waals surface area contributed by atoms with E-state index in [-0.39, 0.29) is 12.8 Å². The van der Waals surface area contributed by atoms with Crippen LogP contribution in [0.3, 0.4) is 0 Å². The second kappa shape index (κ2) is 10.5. The van der Waals surface area contributed by atoms with Gasteiger partial charge in [-0.15, -0.1) is 0 Å². The molecule has 2 rings (SSSR count). The topological polar surface area (TPSA) is 82.1 Å². The number of ether oxygens (including phenoxy) is 3. The summed E-state index contributed by atoms with van der Waals surface area (Å²) in [4.78, 5) is 23.5. The Bertz CT molecular complexity index is 935. The fraction of sp³-hybridized carbons (Fsp3) is 0.273. The summed E-state index contributed by atoms with van der Waals surface area (Å²) in [6.45, 7) is 0. The van der Waals surface area contributed by atoms with Crippen molar-refractivity contribution in [3.8, 4) is 11.5 Å². The molecule has 0 aromatic heterocycles. The lowest BCUT2D eigenvalue weighted by molar-refractivity contribution is -0.160. The normalized spacial score (nSPS) is 12.4. The highest BCUT2D eigenvalue weighted by Gasteiger charge is 2.29. The fourth-order valence-corrected chi connectivity index (χ4v) is 2.70. The number of rotatable bonds is 9. The van der Waals surface area contributed by atoms with Crippen molar-refractivity contribution >= 4 is 11.9 Å². The van der Waals surface area contributed by atoms with Gasteiger partial charge in [-0.25, -0.2) is 9.59 Å². The molecular weight excluding hydrogens is 417 g/mol. The molecule has 0 aliphatic carbocycles. The van der Waals surface area contributed by atoms with E-state index in [1.807, 2.05) is 0 Å². The van der Waals surface area contributed by atoms with E-state index in [2.05, 4.69) is 0 Å². The fourth-order valence-electron chi connectivity index (χ4n) is 2.70. The van der Waals surface area contributed by atoms with Crippen LogP contribution in [0.25, 0.3) is 0 Å². The van der Waals surface area contributed by atoms with Crippen LogP contribution in [-0.4, -0.2) is 37.4 Å². The van der Waals surface area contributed by atoms with E-state index in [1.165, 1.54) is 32.4 Å². The zero-order chi connectivity index (χ0) is 23.0. The van der Waals surface area contributed by atoms with Crippen LogP contribution < -0.4 is 9.47 Å². The summed E-state index contributed by atoms with van der Waals surface area (Å²) >= 11 is 0. The number of benzene rings is 2. The van der Waals surface area contributed by atoms with Crippen LogP contribution in [0.1, 0.15) is 16.7 Å². The number of carbonyl (C=O) groups excluding carboxylic acids is 1. The first kappa shape index (κ1) is 23.8. The highest BCUT2D eigenvalue weighted by Crippen LogP contribution is 2.29. The van der Waals surface area contributed by atoms with Gasteiger partial charge in [0, 0.05) is 12.5 Å². The zero-order valence-corrected chi connectivity index (χ0v) is 16.8. The number of carboxylic acids is 1. The van der Waals surface area contributed by atoms with Crippen molar-refractivity contribution in [3.63, 3.8) is 0 Å². The van der Waals surface area contributed by atoms with E-state index in [0.717, 1.165) is 18.2 Å². The Hall–Kier alpha value is -3.49. The molecule has 0 heterocycles. The summed E-state index contributed by atoms with van der Waals surface area (Å²) in [6, 6.07) is 9.33. The number of carboxylic acid groups (broad SMARTS) is 1. The third kappa shape index (κ3) is 7.06. The van der Waals surface area contributed by atoms with Gasteiger partial charge in [0.1, 0.15) is 0 Å². The molecule has 0 aliphatic heterocycles. The van der Waals surface area contributed by atoms with Gasteiger partial charge in [-0.2, -0.15) is 13.2 Å². The monoisotopic (exact) mass is 438 g/mol. The van der Waals surface area contributed by atoms with Gasteiger partial charge in [-0.3, -0.25) is 0 Å². The number of hydrogen-bond acceptors (Lipinski definition) is 5. The molecule has 166 valence electrons. The maximum atomic E-state index is 12.6. The molecule has 1 N–H and O–H groups in total. The van der Waals surface area contributed by atoms with Crippen LogP contribution in [-0.2, 0) is 33.3 Å². The first-order valence-electron chi connectivity index (χ1n) is 9.11. The van der Waals surface area contributed by atoms with Crippen molar-refractivity contribution in [1.29, 1.82) is 0 Å². The summed E-state index contributed by atoms with van der Waals surface area (Å²) < 4.78 is 53.0. The summed E-state index contributed by atoms with van der Waals surface area (Å²) in [5.74, 6) is -1.31. The van der Waals surface area contributed by atoms with Crippen molar-refractivity contribution in [2.24, 2.45) is 0 Å². The zero-order valence-electron chi connectivity index (χ0n) is 16.8. The minimum atomic E-state index is -4.42. The average molecular weight is 438 g/mol. The highest BCUT2D eigenvalue weighted by atomic mass is 19.4. The molecule has 1 unspecified atom stereocenters. The van der Waals surface area contributed by atoms with Crippen molar-refractivity contribution in [2.75, 3.05) is 14.2 Å². The number of aliphatic carboxylic acids is 1. The Balaban J connectivity index is 1.97. The molecule has 6 nitrogen and oxygen atoms in total. The van der Waals surface area contributed by atoms with Gasteiger partial charge in [-0.1, -0.05) is 24.3 Å². The molecular formula is C22H21F3O6. The lowest BCUT2D eigenvalue weighted by atomic mass is 10.1. The van der Waals surface area contributed by atoms with Crippen molar-refractivity contribution in [2.45, 2.75) is 25.1 Å². The Morgan fingerprint density at radius 3 is 2.16 bits per heavy atom. The van der Waals surface area contributed by atoms with Gasteiger partial charge >= 0.3 is 18.1 Å². The van der Waals surface area contributed by atoms with E-state index in [9.17, 15) is 27.9 Å². The lowest BCUT2D eigenvalue weighted by Crippen LogP contribution is -2.28. The first-order valence-corrected chi connectivity index (χ1v) is 9.11. The van der Waals surface area contributed by atoms with Gasteiger partial charge in [-0.05, 0) is 41.8 Å². The standard InChI is InChI=1S/C22H21F3O6/c1-29-17-11-8-15(12-18(17)30-2)13-19(21(27)28)31-20(26)5-3-4-14-6-9-16(10-7-14)22(23,24)25/h3,5-12,19H,4,13H2,1-2H3,(H,27,28)/b5-3+. The molecule has 2 aromatic carbocycles. The molecule has 9 heteroatoms. The Labute approximate surface area is 176 Å². The van der Waals surface area contributed by atoms with E-state index in [4.69, 9.17) is 14.2 Å². The van der Waals surface area contributed by atoms with Gasteiger partial charge in [0.05, 0.1) is 19.8 Å². The smallest absolute Gasteiger partial charge is 0.416 e. The number of halogens is 3. The molecule has 0 fully saturated rings. The van der Waals surface area contributed by atoms with Crippen LogP contribution >= 0.6 is 0 Å². The van der Waals surface area contributed by atoms with E-state index in [1.54, 1.807) is 18.2 Å². The molecule has 2 aromatic rings. The van der Waals surface area contributed by atoms with E-state index in [0.29, 0.717) is 22.6 Å². The van der Waals surface area contributed by atoms with Gasteiger partial charge < -0.3 is 19.3 Å². The molecule has 0 spiro atoms. The number of hydrogen-bond donors (Lipinski definition) is 1. The quantitative estimate of drug-likeness (QED) is 0.470. The van der Waals surface area contributed by atoms with Crippen LogP contribution in [0.15, 0.2) is 54.6 Å². The number of alkyl halides is 3. The number of esters is 1. The van der Waals surface area contributed by atoms with Gasteiger partial charge in [0.15, 0.2) is 11.5 Å². The maximum absolute atomic E-state index is 12.6. The molecule has 0 radical (unpaired) electrons. The van der Waals surface area contributed by atoms with Crippen molar-refractivity contribution in [1.82, 2.24) is 0 Å². The predicted molar refractivity (Wildman–Crippen MR) is 105 cm³/mol. The second-order valence-corrected chi connectivity index (χ2v) is 6.46. The predicted octanol–water partition coefficient (Wildman–Crippen LogP) is 4.06. The molecule has 31 heavy (non-hydrogen) atoms. The number of carbonyl (C=O) groups is 2. The van der Waals surface area contributed by atoms with Gasteiger partial charge in [0.2, 0.25) is 6.10 Å². The summed E-state index contributed by atoms with van der Waals surface area (Å²) in [7, 11) is 2.91. The summed E-state index contributed by atoms with van der Waals surface area (Å²) in [5, 5.41) is 9.36. The van der Waals surface area contributed by atoms with Crippen molar-refractivity contribution < 1.29 is 42.1 Å². The lowest BCUT2D eigenvalue weighted by Gasteiger charge is -2.14. The SMILES string of the molecule is COc1ccc(CC(OC(=O)/C=C/Cc2ccc(C(F)(F)F)cc2)C(=O)O)cc1OC. The van der Waals surface area contributed by atoms with Crippen LogP contribution in [0, 0.1) is 0 Å². The van der Waals surface area contributed by atoms with E-state index < -0.39 is 29.8 Å². The summed E-state index contributed by atoms with van der Waals surface area (Å²) in [5.41, 5.74) is 0.350. The molecule has 0 aliphatic rings. The third-order valence-corrected chi connectivity index (χ3v) is 4.29. The molecule has 0 saturated carbocycles. The van der Waals surface area contributed by atoms with E-state index >= 15 is 0 Å². The van der Waals surface area contributed by atoms with Crippen LogP contribution in [0.5, 0.6) is 11.5 Å². The molecule has 0 saturated heterocycles. The Morgan fingerprint density at radius 2 is 1.61 bits per heavy atom.